The van der Waals surface area contributed by atoms with E-state index < -0.39 is 47.6 Å². The topological polar surface area (TPSA) is 84.6 Å². The zero-order valence-corrected chi connectivity index (χ0v) is 25.3. The Bertz CT molecular complexity index is 1490. The highest BCUT2D eigenvalue weighted by Crippen LogP contribution is 2.56. The van der Waals surface area contributed by atoms with Gasteiger partial charge in [0.15, 0.2) is 0 Å². The van der Waals surface area contributed by atoms with Gasteiger partial charge in [-0.05, 0) is 72.7 Å². The predicted octanol–water partition coefficient (Wildman–Crippen LogP) is 7.63. The number of nitriles is 1. The first kappa shape index (κ1) is 31.9. The summed E-state index contributed by atoms with van der Waals surface area (Å²) in [7, 11) is 0. The fourth-order valence-electron chi connectivity index (χ4n) is 6.45. The van der Waals surface area contributed by atoms with Crippen molar-refractivity contribution in [3.8, 4) is 6.07 Å². The third-order valence-electron chi connectivity index (χ3n) is 8.18. The summed E-state index contributed by atoms with van der Waals surface area (Å²) >= 11 is 12.3. The minimum atomic E-state index is -1.59. The molecule has 0 spiro atoms. The standard InChI is InChI=1S/C33H34Cl2F2N2O3/c1-32(2,3)17-28-33(19-38,24-14-13-22(34)16-26(24)36)29(23-7-4-8-25(35)30(23)37)27(18-40)39(28)15-5-6-20-9-11-21(12-10-20)31(41)42/h4,7-14,16,27-29,40H,5-6,15,17-18H2,1-3H3,(H,41,42). The highest BCUT2D eigenvalue weighted by atomic mass is 35.5. The Kier molecular flexibility index (Phi) is 9.64. The molecule has 1 aliphatic heterocycles. The lowest BCUT2D eigenvalue weighted by Gasteiger charge is -2.39. The number of halogens is 4. The molecule has 1 fully saturated rings. The zero-order chi connectivity index (χ0) is 30.8. The van der Waals surface area contributed by atoms with Crippen LogP contribution in [0.2, 0.25) is 10.0 Å². The summed E-state index contributed by atoms with van der Waals surface area (Å²) in [6, 6.07) is 16.5. The maximum Gasteiger partial charge on any atom is 0.335 e. The Morgan fingerprint density at radius 1 is 1.10 bits per heavy atom. The number of carboxylic acid groups (broad SMARTS) is 1. The molecule has 4 atom stereocenters. The van der Waals surface area contributed by atoms with E-state index in [1.54, 1.807) is 36.4 Å². The Labute approximate surface area is 255 Å². The lowest BCUT2D eigenvalue weighted by Crippen LogP contribution is -2.47. The molecule has 4 unspecified atom stereocenters. The number of aromatic carboxylic acids is 1. The summed E-state index contributed by atoms with van der Waals surface area (Å²) in [6.45, 7) is 6.09. The van der Waals surface area contributed by atoms with Crippen LogP contribution in [0.5, 0.6) is 0 Å². The van der Waals surface area contributed by atoms with Crippen LogP contribution in [-0.4, -0.2) is 46.3 Å². The van der Waals surface area contributed by atoms with E-state index in [1.807, 2.05) is 25.7 Å². The molecule has 3 aromatic rings. The summed E-state index contributed by atoms with van der Waals surface area (Å²) in [5, 5.41) is 31.2. The van der Waals surface area contributed by atoms with E-state index in [0.29, 0.717) is 25.8 Å². The number of rotatable bonds is 9. The molecule has 0 radical (unpaired) electrons. The SMILES string of the molecule is CC(C)(C)CC1N(CCCc2ccc(C(=O)O)cc2)C(CO)C(c2cccc(Cl)c2F)C1(C#N)c1ccc(Cl)cc1F. The number of hydrogen-bond acceptors (Lipinski definition) is 4. The molecule has 222 valence electrons. The normalized spacial score (nSPS) is 22.7. The van der Waals surface area contributed by atoms with Crippen LogP contribution in [0.25, 0.3) is 0 Å². The van der Waals surface area contributed by atoms with Gasteiger partial charge in [0.25, 0.3) is 0 Å². The van der Waals surface area contributed by atoms with Crippen molar-refractivity contribution in [1.82, 2.24) is 4.90 Å². The zero-order valence-electron chi connectivity index (χ0n) is 23.8. The monoisotopic (exact) mass is 614 g/mol. The Morgan fingerprint density at radius 2 is 1.79 bits per heavy atom. The molecular weight excluding hydrogens is 581 g/mol. The van der Waals surface area contributed by atoms with Gasteiger partial charge < -0.3 is 10.2 Å². The highest BCUT2D eigenvalue weighted by Gasteiger charge is 2.62. The summed E-state index contributed by atoms with van der Waals surface area (Å²) in [6.07, 6.45) is 1.64. The Hall–Kier alpha value is -3.02. The number of nitrogens with zero attached hydrogens (tertiary/aromatic N) is 2. The van der Waals surface area contributed by atoms with Crippen molar-refractivity contribution in [2.75, 3.05) is 13.2 Å². The average molecular weight is 616 g/mol. The molecule has 5 nitrogen and oxygen atoms in total. The van der Waals surface area contributed by atoms with E-state index in [9.17, 15) is 20.3 Å². The van der Waals surface area contributed by atoms with Gasteiger partial charge >= 0.3 is 5.97 Å². The molecule has 0 saturated carbocycles. The fraction of sp³-hybridized carbons (Fsp3) is 0.394. The van der Waals surface area contributed by atoms with Crippen LogP contribution in [0.3, 0.4) is 0 Å². The summed E-state index contributed by atoms with van der Waals surface area (Å²) < 4.78 is 31.6. The van der Waals surface area contributed by atoms with Gasteiger partial charge in [-0.1, -0.05) is 74.3 Å². The van der Waals surface area contributed by atoms with Crippen molar-refractivity contribution in [1.29, 1.82) is 5.26 Å². The van der Waals surface area contributed by atoms with E-state index >= 15 is 8.78 Å². The third-order valence-corrected chi connectivity index (χ3v) is 8.71. The lowest BCUT2D eigenvalue weighted by molar-refractivity contribution is 0.0697. The van der Waals surface area contributed by atoms with Crippen LogP contribution < -0.4 is 0 Å². The van der Waals surface area contributed by atoms with Crippen LogP contribution >= 0.6 is 23.2 Å². The molecule has 0 aliphatic carbocycles. The highest BCUT2D eigenvalue weighted by molar-refractivity contribution is 6.31. The molecule has 1 saturated heterocycles. The number of carbonyl (C=O) groups is 1. The van der Waals surface area contributed by atoms with Crippen LogP contribution in [0.15, 0.2) is 60.7 Å². The average Bonchev–Trinajstić information content (AvgIpc) is 3.18. The minimum Gasteiger partial charge on any atom is -0.478 e. The third kappa shape index (κ3) is 6.18. The smallest absolute Gasteiger partial charge is 0.335 e. The van der Waals surface area contributed by atoms with E-state index in [1.165, 1.54) is 18.2 Å². The molecule has 3 aromatic carbocycles. The van der Waals surface area contributed by atoms with Crippen LogP contribution in [-0.2, 0) is 11.8 Å². The van der Waals surface area contributed by atoms with E-state index in [2.05, 4.69) is 6.07 Å². The Balaban J connectivity index is 1.86. The molecule has 2 N–H and O–H groups in total. The molecule has 4 rings (SSSR count). The molecule has 1 aliphatic rings. The van der Waals surface area contributed by atoms with Crippen molar-refractivity contribution in [3.63, 3.8) is 0 Å². The van der Waals surface area contributed by atoms with E-state index in [4.69, 9.17) is 23.2 Å². The van der Waals surface area contributed by atoms with Gasteiger partial charge in [-0.3, -0.25) is 4.90 Å². The second kappa shape index (κ2) is 12.7. The van der Waals surface area contributed by atoms with Gasteiger partial charge in [0.05, 0.1) is 23.3 Å². The van der Waals surface area contributed by atoms with Crippen LogP contribution in [0, 0.1) is 28.4 Å². The maximum atomic E-state index is 15.9. The van der Waals surface area contributed by atoms with Crippen molar-refractivity contribution >= 4 is 29.2 Å². The van der Waals surface area contributed by atoms with Crippen molar-refractivity contribution in [2.24, 2.45) is 5.41 Å². The number of likely N-dealkylation sites (tertiary alicyclic amines) is 1. The quantitative estimate of drug-likeness (QED) is 0.259. The molecule has 0 bridgehead atoms. The molecule has 0 aromatic heterocycles. The number of aliphatic hydroxyl groups excluding tert-OH is 1. The van der Waals surface area contributed by atoms with Crippen molar-refractivity contribution in [3.05, 3.63) is 105 Å². The number of aliphatic hydroxyl groups is 1. The van der Waals surface area contributed by atoms with E-state index in [-0.39, 0.29) is 32.2 Å². The van der Waals surface area contributed by atoms with Gasteiger partial charge in [0.2, 0.25) is 0 Å². The van der Waals surface area contributed by atoms with Crippen LogP contribution in [0.4, 0.5) is 8.78 Å². The summed E-state index contributed by atoms with van der Waals surface area (Å²) in [5.41, 5.74) is -0.549. The van der Waals surface area contributed by atoms with Gasteiger partial charge in [-0.15, -0.1) is 0 Å². The molecule has 1 heterocycles. The molecule has 9 heteroatoms. The fourth-order valence-corrected chi connectivity index (χ4v) is 6.80. The van der Waals surface area contributed by atoms with Gasteiger partial charge in [-0.25, -0.2) is 13.6 Å². The molecular formula is C33H34Cl2F2N2O3. The number of hydrogen-bond donors (Lipinski definition) is 2. The van der Waals surface area contributed by atoms with Crippen LogP contribution in [0.1, 0.15) is 66.6 Å². The first-order chi connectivity index (χ1) is 19.8. The van der Waals surface area contributed by atoms with Crippen molar-refractivity contribution < 1.29 is 23.8 Å². The number of benzene rings is 3. The Morgan fingerprint density at radius 3 is 2.36 bits per heavy atom. The summed E-state index contributed by atoms with van der Waals surface area (Å²) in [4.78, 5) is 13.3. The number of aryl methyl sites for hydroxylation is 1. The lowest BCUT2D eigenvalue weighted by atomic mass is 9.62. The second-order valence-corrected chi connectivity index (χ2v) is 12.9. The van der Waals surface area contributed by atoms with E-state index in [0.717, 1.165) is 11.6 Å². The molecule has 0 amide bonds. The predicted molar refractivity (Wildman–Crippen MR) is 160 cm³/mol. The van der Waals surface area contributed by atoms with Gasteiger partial charge in [0.1, 0.15) is 17.0 Å². The van der Waals surface area contributed by atoms with Gasteiger partial charge in [-0.2, -0.15) is 5.26 Å². The van der Waals surface area contributed by atoms with Crippen molar-refractivity contribution in [2.45, 2.75) is 63.5 Å². The second-order valence-electron chi connectivity index (χ2n) is 12.1. The first-order valence-electron chi connectivity index (χ1n) is 13.8. The largest absolute Gasteiger partial charge is 0.478 e. The maximum absolute atomic E-state index is 15.9. The summed E-state index contributed by atoms with van der Waals surface area (Å²) in [5.74, 6) is -3.33. The minimum absolute atomic E-state index is 0.0956. The van der Waals surface area contributed by atoms with Gasteiger partial charge in [0, 0.05) is 28.6 Å². The molecule has 42 heavy (non-hydrogen) atoms. The first-order valence-corrected chi connectivity index (χ1v) is 14.6. The number of carboxylic acids is 1.